The topological polar surface area (TPSA) is 37.8 Å². The summed E-state index contributed by atoms with van der Waals surface area (Å²) in [6.45, 7) is 4.97. The normalized spacial score (nSPS) is 10.9. The fourth-order valence-electron chi connectivity index (χ4n) is 1.55. The van der Waals surface area contributed by atoms with Crippen LogP contribution in [0.25, 0.3) is 0 Å². The van der Waals surface area contributed by atoms with Crippen LogP contribution in [0.4, 0.5) is 5.82 Å². The average molecular weight is 282 g/mol. The molecule has 0 aromatic carbocycles. The Balaban J connectivity index is 1.96. The first-order chi connectivity index (χ1) is 8.65. The number of nitrogens with zero attached hydrogens (tertiary/aromatic N) is 2. The Kier molecular flexibility index (Phi) is 4.55. The molecule has 0 aliphatic carbocycles. The van der Waals surface area contributed by atoms with Gasteiger partial charge in [-0.25, -0.2) is 9.97 Å². The summed E-state index contributed by atoms with van der Waals surface area (Å²) in [5.41, 5.74) is 0. The van der Waals surface area contributed by atoms with Gasteiger partial charge in [-0.05, 0) is 17.9 Å². The third-order valence-electron chi connectivity index (χ3n) is 2.49. The highest BCUT2D eigenvalue weighted by molar-refractivity contribution is 7.09. The average Bonchev–Trinajstić information content (AvgIpc) is 2.81. The molecular weight excluding hydrogens is 266 g/mol. The molecule has 0 aliphatic heterocycles. The highest BCUT2D eigenvalue weighted by Crippen LogP contribution is 2.17. The Morgan fingerprint density at radius 2 is 2.22 bits per heavy atom. The minimum absolute atomic E-state index is 0.279. The van der Waals surface area contributed by atoms with Gasteiger partial charge in [-0.3, -0.25) is 0 Å². The summed E-state index contributed by atoms with van der Waals surface area (Å²) in [6.07, 6.45) is 0.996. The number of nitrogens with one attached hydrogen (secondary N) is 1. The molecule has 0 amide bonds. The molecule has 3 nitrogen and oxygen atoms in total. The van der Waals surface area contributed by atoms with Gasteiger partial charge < -0.3 is 5.32 Å². The number of hydrogen-bond donors (Lipinski definition) is 1. The third kappa shape index (κ3) is 3.68. The SMILES string of the molecule is CC(C)c1nc(Cl)cc(NCCc2cccs2)n1. The molecule has 0 unspecified atom stereocenters. The highest BCUT2D eigenvalue weighted by Gasteiger charge is 2.06. The number of rotatable bonds is 5. The fourth-order valence-corrected chi connectivity index (χ4v) is 2.45. The Morgan fingerprint density at radius 3 is 2.89 bits per heavy atom. The zero-order valence-corrected chi connectivity index (χ0v) is 12.1. The molecule has 0 fully saturated rings. The Bertz CT molecular complexity index is 497. The van der Waals surface area contributed by atoms with Crippen molar-refractivity contribution in [3.63, 3.8) is 0 Å². The van der Waals surface area contributed by atoms with Crippen molar-refractivity contribution in [1.29, 1.82) is 0 Å². The first-order valence-electron chi connectivity index (χ1n) is 5.96. The van der Waals surface area contributed by atoms with E-state index in [4.69, 9.17) is 11.6 Å². The van der Waals surface area contributed by atoms with Gasteiger partial charge in [0, 0.05) is 23.4 Å². The van der Waals surface area contributed by atoms with E-state index in [0.29, 0.717) is 5.15 Å². The predicted octanol–water partition coefficient (Wildman–Crippen LogP) is 3.97. The van der Waals surface area contributed by atoms with Crippen LogP contribution in [0.5, 0.6) is 0 Å². The van der Waals surface area contributed by atoms with Gasteiger partial charge in [0.05, 0.1) is 0 Å². The maximum atomic E-state index is 5.98. The zero-order chi connectivity index (χ0) is 13.0. The summed E-state index contributed by atoms with van der Waals surface area (Å²) < 4.78 is 0. The van der Waals surface area contributed by atoms with Crippen LogP contribution in [0.1, 0.15) is 30.5 Å². The molecule has 0 saturated heterocycles. The van der Waals surface area contributed by atoms with Gasteiger partial charge in [0.25, 0.3) is 0 Å². The van der Waals surface area contributed by atoms with Crippen molar-refractivity contribution in [1.82, 2.24) is 9.97 Å². The standard InChI is InChI=1S/C13H16ClN3S/c1-9(2)13-16-11(14)8-12(17-13)15-6-5-10-4-3-7-18-10/h3-4,7-9H,5-6H2,1-2H3,(H,15,16,17). The summed E-state index contributed by atoms with van der Waals surface area (Å²) in [5.74, 6) is 1.86. The molecule has 5 heteroatoms. The van der Waals surface area contributed by atoms with Crippen LogP contribution in [0, 0.1) is 0 Å². The number of aromatic nitrogens is 2. The molecule has 0 saturated carbocycles. The molecule has 0 aliphatic rings. The Hall–Kier alpha value is -1.13. The maximum absolute atomic E-state index is 5.98. The first kappa shape index (κ1) is 13.3. The van der Waals surface area contributed by atoms with Gasteiger partial charge in [-0.1, -0.05) is 31.5 Å². The monoisotopic (exact) mass is 281 g/mol. The summed E-state index contributed by atoms with van der Waals surface area (Å²) in [6, 6.07) is 5.97. The van der Waals surface area contributed by atoms with Gasteiger partial charge in [0.15, 0.2) is 0 Å². The summed E-state index contributed by atoms with van der Waals surface area (Å²) in [4.78, 5) is 10.0. The van der Waals surface area contributed by atoms with Gasteiger partial charge in [-0.2, -0.15) is 0 Å². The molecule has 96 valence electrons. The van der Waals surface area contributed by atoms with E-state index in [1.165, 1.54) is 4.88 Å². The fraction of sp³-hybridized carbons (Fsp3) is 0.385. The van der Waals surface area contributed by atoms with Crippen molar-refractivity contribution >= 4 is 28.8 Å². The van der Waals surface area contributed by atoms with Crippen LogP contribution in [0.3, 0.4) is 0 Å². The molecular formula is C13H16ClN3S. The number of hydrogen-bond acceptors (Lipinski definition) is 4. The minimum Gasteiger partial charge on any atom is -0.370 e. The highest BCUT2D eigenvalue weighted by atomic mass is 35.5. The van der Waals surface area contributed by atoms with E-state index >= 15 is 0 Å². The Morgan fingerprint density at radius 1 is 1.39 bits per heavy atom. The largest absolute Gasteiger partial charge is 0.370 e. The number of halogens is 1. The molecule has 2 heterocycles. The Labute approximate surface area is 116 Å². The number of anilines is 1. The van der Waals surface area contributed by atoms with Crippen LogP contribution >= 0.6 is 22.9 Å². The van der Waals surface area contributed by atoms with Crippen LogP contribution in [0.2, 0.25) is 5.15 Å². The van der Waals surface area contributed by atoms with Crippen molar-refractivity contribution < 1.29 is 0 Å². The second kappa shape index (κ2) is 6.16. The lowest BCUT2D eigenvalue weighted by molar-refractivity contribution is 0.774. The van der Waals surface area contributed by atoms with E-state index in [2.05, 4.69) is 46.6 Å². The first-order valence-corrected chi connectivity index (χ1v) is 7.21. The molecule has 18 heavy (non-hydrogen) atoms. The predicted molar refractivity (Wildman–Crippen MR) is 77.6 cm³/mol. The van der Waals surface area contributed by atoms with Crippen molar-refractivity contribution in [2.75, 3.05) is 11.9 Å². The van der Waals surface area contributed by atoms with Crippen LogP contribution in [-0.4, -0.2) is 16.5 Å². The third-order valence-corrected chi connectivity index (χ3v) is 3.62. The van der Waals surface area contributed by atoms with E-state index in [-0.39, 0.29) is 5.92 Å². The number of thiophene rings is 1. The van der Waals surface area contributed by atoms with Crippen LogP contribution in [0.15, 0.2) is 23.6 Å². The van der Waals surface area contributed by atoms with Crippen molar-refractivity contribution in [2.45, 2.75) is 26.2 Å². The summed E-state index contributed by atoms with van der Waals surface area (Å²) in [5, 5.41) is 5.87. The maximum Gasteiger partial charge on any atom is 0.135 e. The van der Waals surface area contributed by atoms with Gasteiger partial charge in [0.2, 0.25) is 0 Å². The van der Waals surface area contributed by atoms with Crippen molar-refractivity contribution in [2.24, 2.45) is 0 Å². The molecule has 0 radical (unpaired) electrons. The van der Waals surface area contributed by atoms with E-state index < -0.39 is 0 Å². The smallest absolute Gasteiger partial charge is 0.135 e. The molecule has 2 rings (SSSR count). The van der Waals surface area contributed by atoms with E-state index in [1.54, 1.807) is 17.4 Å². The minimum atomic E-state index is 0.279. The van der Waals surface area contributed by atoms with E-state index in [0.717, 1.165) is 24.6 Å². The van der Waals surface area contributed by atoms with Crippen LogP contribution in [-0.2, 0) is 6.42 Å². The van der Waals surface area contributed by atoms with E-state index in [1.807, 2.05) is 0 Å². The summed E-state index contributed by atoms with van der Waals surface area (Å²) in [7, 11) is 0. The molecule has 2 aromatic rings. The van der Waals surface area contributed by atoms with Gasteiger partial charge in [0.1, 0.15) is 16.8 Å². The van der Waals surface area contributed by atoms with Gasteiger partial charge in [-0.15, -0.1) is 11.3 Å². The molecule has 1 N–H and O–H groups in total. The molecule has 0 atom stereocenters. The lowest BCUT2D eigenvalue weighted by Crippen LogP contribution is -2.08. The second-order valence-corrected chi connectivity index (χ2v) is 5.76. The van der Waals surface area contributed by atoms with Crippen molar-refractivity contribution in [3.8, 4) is 0 Å². The lowest BCUT2D eigenvalue weighted by Gasteiger charge is -2.09. The molecule has 2 aromatic heterocycles. The molecule has 0 bridgehead atoms. The molecule has 0 spiro atoms. The second-order valence-electron chi connectivity index (χ2n) is 4.34. The van der Waals surface area contributed by atoms with Crippen molar-refractivity contribution in [3.05, 3.63) is 39.4 Å². The van der Waals surface area contributed by atoms with E-state index in [9.17, 15) is 0 Å². The van der Waals surface area contributed by atoms with Crippen LogP contribution < -0.4 is 5.32 Å². The zero-order valence-electron chi connectivity index (χ0n) is 10.5. The summed E-state index contributed by atoms with van der Waals surface area (Å²) >= 11 is 7.75. The van der Waals surface area contributed by atoms with Gasteiger partial charge >= 0.3 is 0 Å². The lowest BCUT2D eigenvalue weighted by atomic mass is 10.2. The quantitative estimate of drug-likeness (QED) is 0.843.